The summed E-state index contributed by atoms with van der Waals surface area (Å²) in [6.45, 7) is 9.25. The van der Waals surface area contributed by atoms with Crippen LogP contribution in [-0.4, -0.2) is 44.0 Å². The van der Waals surface area contributed by atoms with Crippen LogP contribution in [0.5, 0.6) is 0 Å². The molecule has 1 atom stereocenters. The first-order valence-electron chi connectivity index (χ1n) is 8.02. The minimum absolute atomic E-state index is 0.432. The number of piperidine rings is 1. The predicted octanol–water partition coefficient (Wildman–Crippen LogP) is 3.86. The molecule has 0 bridgehead atoms. The Morgan fingerprint density at radius 2 is 1.95 bits per heavy atom. The monoisotopic (exact) mass is 287 g/mol. The summed E-state index contributed by atoms with van der Waals surface area (Å²) < 4.78 is 5.34. The van der Waals surface area contributed by atoms with Crippen LogP contribution in [0.1, 0.15) is 52.4 Å². The summed E-state index contributed by atoms with van der Waals surface area (Å²) in [5, 5.41) is 0. The molecule has 0 amide bonds. The number of ether oxygens (including phenoxy) is 1. The smallest absolute Gasteiger partial charge is 0.0502 e. The maximum Gasteiger partial charge on any atom is 0.0502 e. The molecule has 0 radical (unpaired) electrons. The van der Waals surface area contributed by atoms with Crippen LogP contribution in [0.15, 0.2) is 0 Å². The average molecular weight is 288 g/mol. The third-order valence-electron chi connectivity index (χ3n) is 4.46. The fourth-order valence-corrected chi connectivity index (χ4v) is 4.11. The molecule has 0 spiro atoms. The van der Waals surface area contributed by atoms with Crippen molar-refractivity contribution in [2.24, 2.45) is 11.3 Å². The van der Waals surface area contributed by atoms with Crippen LogP contribution in [-0.2, 0) is 4.74 Å². The lowest BCUT2D eigenvalue weighted by atomic mass is 9.80. The van der Waals surface area contributed by atoms with Crippen LogP contribution in [0, 0.1) is 11.3 Å². The van der Waals surface area contributed by atoms with Crippen molar-refractivity contribution >= 4 is 12.6 Å². The number of hydrogen-bond donors (Lipinski definition) is 1. The van der Waals surface area contributed by atoms with E-state index < -0.39 is 0 Å². The number of likely N-dealkylation sites (tertiary alicyclic amines) is 1. The summed E-state index contributed by atoms with van der Waals surface area (Å²) in [6.07, 6.45) is 7.84. The summed E-state index contributed by atoms with van der Waals surface area (Å²) in [7, 11) is 1.82. The normalized spacial score (nSPS) is 21.8. The molecule has 19 heavy (non-hydrogen) atoms. The third-order valence-corrected chi connectivity index (χ3v) is 5.13. The molecular weight excluding hydrogens is 254 g/mol. The fraction of sp³-hybridized carbons (Fsp3) is 1.00. The summed E-state index contributed by atoms with van der Waals surface area (Å²) in [6, 6.07) is 0. The number of methoxy groups -OCH3 is 1. The molecule has 3 heteroatoms. The average Bonchev–Trinajstić information content (AvgIpc) is 2.40. The predicted molar refractivity (Wildman–Crippen MR) is 87.1 cm³/mol. The van der Waals surface area contributed by atoms with Gasteiger partial charge in [-0.05, 0) is 49.3 Å². The highest BCUT2D eigenvalue weighted by atomic mass is 32.1. The zero-order valence-corrected chi connectivity index (χ0v) is 14.1. The van der Waals surface area contributed by atoms with E-state index in [0.717, 1.165) is 18.3 Å². The molecule has 0 aliphatic carbocycles. The summed E-state index contributed by atoms with van der Waals surface area (Å²) in [4.78, 5) is 2.68. The van der Waals surface area contributed by atoms with E-state index in [9.17, 15) is 0 Å². The van der Waals surface area contributed by atoms with Crippen LogP contribution in [0.25, 0.3) is 0 Å². The van der Waals surface area contributed by atoms with Crippen molar-refractivity contribution in [1.29, 1.82) is 0 Å². The second-order valence-corrected chi connectivity index (χ2v) is 6.67. The van der Waals surface area contributed by atoms with Crippen molar-refractivity contribution in [2.45, 2.75) is 52.4 Å². The van der Waals surface area contributed by atoms with Gasteiger partial charge in [0, 0.05) is 20.2 Å². The van der Waals surface area contributed by atoms with Crippen molar-refractivity contribution in [3.05, 3.63) is 0 Å². The van der Waals surface area contributed by atoms with Gasteiger partial charge in [-0.2, -0.15) is 12.6 Å². The highest BCUT2D eigenvalue weighted by Gasteiger charge is 2.31. The van der Waals surface area contributed by atoms with Crippen molar-refractivity contribution in [2.75, 3.05) is 39.1 Å². The lowest BCUT2D eigenvalue weighted by Crippen LogP contribution is -2.44. The Bertz CT molecular complexity index is 227. The van der Waals surface area contributed by atoms with Gasteiger partial charge in [0.2, 0.25) is 0 Å². The van der Waals surface area contributed by atoms with Gasteiger partial charge in [-0.1, -0.05) is 26.7 Å². The maximum absolute atomic E-state index is 5.34. The van der Waals surface area contributed by atoms with E-state index in [2.05, 4.69) is 31.4 Å². The van der Waals surface area contributed by atoms with Crippen LogP contribution in [0.3, 0.4) is 0 Å². The molecule has 1 saturated heterocycles. The summed E-state index contributed by atoms with van der Waals surface area (Å²) in [5.74, 6) is 1.76. The minimum Gasteiger partial charge on any atom is -0.384 e. The lowest BCUT2D eigenvalue weighted by Gasteiger charge is -2.41. The van der Waals surface area contributed by atoms with Crippen molar-refractivity contribution in [3.8, 4) is 0 Å². The standard InChI is InChI=1S/C16H33NOS/c1-4-8-16(14-19,9-5-2)13-17-10-6-7-15(11-17)12-18-3/h15,19H,4-14H2,1-3H3. The highest BCUT2D eigenvalue weighted by molar-refractivity contribution is 7.80. The van der Waals surface area contributed by atoms with Crippen LogP contribution >= 0.6 is 12.6 Å². The molecule has 0 aromatic carbocycles. The topological polar surface area (TPSA) is 12.5 Å². The summed E-state index contributed by atoms with van der Waals surface area (Å²) >= 11 is 4.68. The lowest BCUT2D eigenvalue weighted by molar-refractivity contribution is 0.0626. The molecular formula is C16H33NOS. The minimum atomic E-state index is 0.432. The number of hydrogen-bond acceptors (Lipinski definition) is 3. The van der Waals surface area contributed by atoms with Gasteiger partial charge in [-0.15, -0.1) is 0 Å². The molecule has 1 aliphatic heterocycles. The van der Waals surface area contributed by atoms with E-state index in [-0.39, 0.29) is 0 Å². The maximum atomic E-state index is 5.34. The van der Waals surface area contributed by atoms with Crippen molar-refractivity contribution in [3.63, 3.8) is 0 Å². The van der Waals surface area contributed by atoms with Gasteiger partial charge in [0.15, 0.2) is 0 Å². The Morgan fingerprint density at radius 3 is 2.47 bits per heavy atom. The van der Waals surface area contributed by atoms with E-state index in [1.54, 1.807) is 0 Å². The summed E-state index contributed by atoms with van der Waals surface area (Å²) in [5.41, 5.74) is 0.432. The van der Waals surface area contributed by atoms with Crippen LogP contribution in [0.4, 0.5) is 0 Å². The van der Waals surface area contributed by atoms with E-state index in [4.69, 9.17) is 4.74 Å². The number of thiol groups is 1. The fourth-order valence-electron chi connectivity index (χ4n) is 3.69. The molecule has 0 saturated carbocycles. The van der Waals surface area contributed by atoms with Gasteiger partial charge in [0.05, 0.1) is 6.61 Å². The van der Waals surface area contributed by atoms with Gasteiger partial charge >= 0.3 is 0 Å². The second-order valence-electron chi connectivity index (χ2n) is 6.36. The molecule has 1 fully saturated rings. The molecule has 1 aliphatic rings. The molecule has 0 aromatic heterocycles. The first kappa shape index (κ1) is 17.3. The molecule has 0 N–H and O–H groups in total. The number of rotatable bonds is 9. The van der Waals surface area contributed by atoms with Crippen LogP contribution < -0.4 is 0 Å². The molecule has 2 nitrogen and oxygen atoms in total. The van der Waals surface area contributed by atoms with Gasteiger partial charge in [0.1, 0.15) is 0 Å². The Labute approximate surface area is 125 Å². The van der Waals surface area contributed by atoms with Crippen LogP contribution in [0.2, 0.25) is 0 Å². The van der Waals surface area contributed by atoms with E-state index in [1.807, 2.05) is 7.11 Å². The largest absolute Gasteiger partial charge is 0.384 e. The second kappa shape index (κ2) is 9.25. The highest BCUT2D eigenvalue weighted by Crippen LogP contribution is 2.33. The van der Waals surface area contributed by atoms with Gasteiger partial charge in [-0.3, -0.25) is 0 Å². The molecule has 1 rings (SSSR count). The van der Waals surface area contributed by atoms with Crippen molar-refractivity contribution in [1.82, 2.24) is 4.90 Å². The SMILES string of the molecule is CCCC(CS)(CCC)CN1CCCC(COC)C1. The number of nitrogens with zero attached hydrogens (tertiary/aromatic N) is 1. The quantitative estimate of drug-likeness (QED) is 0.647. The zero-order valence-electron chi connectivity index (χ0n) is 13.2. The van der Waals surface area contributed by atoms with E-state index in [1.165, 1.54) is 58.2 Å². The van der Waals surface area contributed by atoms with Crippen molar-refractivity contribution < 1.29 is 4.74 Å². The first-order chi connectivity index (χ1) is 9.19. The van der Waals surface area contributed by atoms with Gasteiger partial charge < -0.3 is 9.64 Å². The van der Waals surface area contributed by atoms with E-state index in [0.29, 0.717) is 5.41 Å². The first-order valence-corrected chi connectivity index (χ1v) is 8.65. The van der Waals surface area contributed by atoms with E-state index >= 15 is 0 Å². The Kier molecular flexibility index (Phi) is 8.43. The molecule has 1 unspecified atom stereocenters. The Hall–Kier alpha value is 0.270. The van der Waals surface area contributed by atoms with Gasteiger partial charge in [0.25, 0.3) is 0 Å². The Morgan fingerprint density at radius 1 is 1.26 bits per heavy atom. The molecule has 1 heterocycles. The van der Waals surface area contributed by atoms with Gasteiger partial charge in [-0.25, -0.2) is 0 Å². The zero-order chi connectivity index (χ0) is 14.1. The Balaban J connectivity index is 2.56. The molecule has 0 aromatic rings. The molecule has 114 valence electrons. The third kappa shape index (κ3) is 5.65.